The maximum Gasteiger partial charge on any atom is 0.344 e. The minimum absolute atomic E-state index is 0.287. The van der Waals surface area contributed by atoms with E-state index in [1.807, 2.05) is 42.5 Å². The Morgan fingerprint density at radius 1 is 0.906 bits per heavy atom. The molecule has 3 rings (SSSR count). The van der Waals surface area contributed by atoms with Gasteiger partial charge in [0.2, 0.25) is 5.78 Å². The van der Waals surface area contributed by atoms with Crippen molar-refractivity contribution in [3.8, 4) is 5.75 Å². The van der Waals surface area contributed by atoms with Crippen LogP contribution in [0, 0.1) is 0 Å². The van der Waals surface area contributed by atoms with Crippen molar-refractivity contribution in [2.45, 2.75) is 6.42 Å². The van der Waals surface area contributed by atoms with E-state index in [4.69, 9.17) is 15.2 Å². The number of esters is 1. The highest BCUT2D eigenvalue weighted by Crippen LogP contribution is 2.21. The van der Waals surface area contributed by atoms with Crippen molar-refractivity contribution in [1.82, 2.24) is 9.13 Å². The SMILES string of the molecule is Cn1c(N)c(C(=O)COC(=O)COc2ccccc2Cc2ccccc2)c(=O)n(C)c1=O. The third-order valence-electron chi connectivity index (χ3n) is 4.91. The van der Waals surface area contributed by atoms with Crippen LogP contribution in [0.3, 0.4) is 0 Å². The lowest BCUT2D eigenvalue weighted by Gasteiger charge is -2.12. The van der Waals surface area contributed by atoms with Crippen LogP contribution in [-0.4, -0.2) is 34.1 Å². The molecule has 0 aliphatic heterocycles. The maximum absolute atomic E-state index is 12.4. The van der Waals surface area contributed by atoms with Gasteiger partial charge in [-0.2, -0.15) is 0 Å². The molecule has 0 unspecified atom stereocenters. The molecule has 1 heterocycles. The molecule has 0 bridgehead atoms. The van der Waals surface area contributed by atoms with Crippen molar-refractivity contribution in [3.63, 3.8) is 0 Å². The molecule has 0 atom stereocenters. The summed E-state index contributed by atoms with van der Waals surface area (Å²) in [5.74, 6) is -1.36. The van der Waals surface area contributed by atoms with Gasteiger partial charge < -0.3 is 15.2 Å². The Kier molecular flexibility index (Phi) is 6.89. The predicted octanol–water partition coefficient (Wildman–Crippen LogP) is 1.06. The molecule has 0 amide bonds. The fourth-order valence-corrected chi connectivity index (χ4v) is 3.13. The Labute approximate surface area is 183 Å². The van der Waals surface area contributed by atoms with Crippen LogP contribution < -0.4 is 21.7 Å². The highest BCUT2D eigenvalue weighted by molar-refractivity contribution is 6.01. The predicted molar refractivity (Wildman–Crippen MR) is 118 cm³/mol. The lowest BCUT2D eigenvalue weighted by molar-refractivity contribution is -0.144. The van der Waals surface area contributed by atoms with Crippen LogP contribution in [0.15, 0.2) is 64.2 Å². The van der Waals surface area contributed by atoms with Crippen molar-refractivity contribution in [2.24, 2.45) is 14.1 Å². The molecule has 2 N–H and O–H groups in total. The normalized spacial score (nSPS) is 10.6. The second-order valence-corrected chi connectivity index (χ2v) is 7.11. The third kappa shape index (κ3) is 4.94. The van der Waals surface area contributed by atoms with Crippen LogP contribution in [0.4, 0.5) is 5.82 Å². The summed E-state index contributed by atoms with van der Waals surface area (Å²) in [5.41, 5.74) is 5.80. The van der Waals surface area contributed by atoms with E-state index < -0.39 is 41.8 Å². The first-order valence-electron chi connectivity index (χ1n) is 9.78. The van der Waals surface area contributed by atoms with Crippen molar-refractivity contribution < 1.29 is 19.1 Å². The Morgan fingerprint density at radius 3 is 2.28 bits per heavy atom. The minimum atomic E-state index is -0.849. The topological polar surface area (TPSA) is 123 Å². The van der Waals surface area contributed by atoms with Crippen LogP contribution in [0.25, 0.3) is 0 Å². The van der Waals surface area contributed by atoms with E-state index in [-0.39, 0.29) is 5.82 Å². The summed E-state index contributed by atoms with van der Waals surface area (Å²) in [6.45, 7) is -1.12. The molecule has 0 saturated carbocycles. The monoisotopic (exact) mass is 437 g/mol. The highest BCUT2D eigenvalue weighted by Gasteiger charge is 2.21. The van der Waals surface area contributed by atoms with E-state index in [0.717, 1.165) is 20.3 Å². The first kappa shape index (κ1) is 22.5. The molecule has 0 spiro atoms. The molecule has 0 aliphatic rings. The summed E-state index contributed by atoms with van der Waals surface area (Å²) in [4.78, 5) is 48.6. The van der Waals surface area contributed by atoms with Crippen molar-refractivity contribution in [3.05, 3.63) is 92.1 Å². The number of aromatic nitrogens is 2. The lowest BCUT2D eigenvalue weighted by Crippen LogP contribution is -2.42. The summed E-state index contributed by atoms with van der Waals surface area (Å²) in [5, 5.41) is 0. The second-order valence-electron chi connectivity index (χ2n) is 7.11. The summed E-state index contributed by atoms with van der Waals surface area (Å²) in [7, 11) is 2.56. The van der Waals surface area contributed by atoms with E-state index in [2.05, 4.69) is 0 Å². The molecule has 9 nitrogen and oxygen atoms in total. The lowest BCUT2D eigenvalue weighted by atomic mass is 10.0. The maximum atomic E-state index is 12.4. The molecule has 0 fully saturated rings. The summed E-state index contributed by atoms with van der Waals surface area (Å²) in [6, 6.07) is 17.1. The van der Waals surface area contributed by atoms with Gasteiger partial charge in [0, 0.05) is 20.5 Å². The molecule has 0 aliphatic carbocycles. The summed E-state index contributed by atoms with van der Waals surface area (Å²) >= 11 is 0. The fourth-order valence-electron chi connectivity index (χ4n) is 3.13. The van der Waals surface area contributed by atoms with Gasteiger partial charge in [0.25, 0.3) is 5.56 Å². The molecular formula is C23H23N3O6. The van der Waals surface area contributed by atoms with E-state index in [9.17, 15) is 19.2 Å². The zero-order chi connectivity index (χ0) is 23.3. The molecule has 1 aromatic heterocycles. The zero-order valence-electron chi connectivity index (χ0n) is 17.7. The molecular weight excluding hydrogens is 414 g/mol. The van der Waals surface area contributed by atoms with Gasteiger partial charge in [-0.25, -0.2) is 9.59 Å². The number of para-hydroxylation sites is 1. The second kappa shape index (κ2) is 9.78. The van der Waals surface area contributed by atoms with Gasteiger partial charge in [-0.1, -0.05) is 48.5 Å². The summed E-state index contributed by atoms with van der Waals surface area (Å²) in [6.07, 6.45) is 0.625. The number of anilines is 1. The van der Waals surface area contributed by atoms with Gasteiger partial charge in [0.1, 0.15) is 17.1 Å². The molecule has 9 heteroatoms. The minimum Gasteiger partial charge on any atom is -0.482 e. The third-order valence-corrected chi connectivity index (χ3v) is 4.91. The fraction of sp³-hybridized carbons (Fsp3) is 0.217. The van der Waals surface area contributed by atoms with Gasteiger partial charge in [-0.15, -0.1) is 0 Å². The number of ether oxygens (including phenoxy) is 2. The Morgan fingerprint density at radius 2 is 1.56 bits per heavy atom. The average molecular weight is 437 g/mol. The number of Topliss-reactive ketones (excluding diaryl/α,β-unsaturated/α-hetero) is 1. The smallest absolute Gasteiger partial charge is 0.344 e. The number of rotatable bonds is 8. The standard InChI is InChI=1S/C23H23N3O6/c1-25-21(24)20(22(29)26(2)23(25)30)17(27)13-32-19(28)14-31-18-11-7-6-10-16(18)12-15-8-4-3-5-9-15/h3-11H,12-14,24H2,1-2H3. The number of ketones is 1. The van der Waals surface area contributed by atoms with Crippen LogP contribution in [0.5, 0.6) is 5.75 Å². The van der Waals surface area contributed by atoms with Crippen LogP contribution in [0.2, 0.25) is 0 Å². The molecule has 2 aromatic carbocycles. The number of hydrogen-bond donors (Lipinski definition) is 1. The highest BCUT2D eigenvalue weighted by atomic mass is 16.6. The Balaban J connectivity index is 1.62. The first-order valence-corrected chi connectivity index (χ1v) is 9.78. The number of benzene rings is 2. The number of carbonyl (C=O) groups is 2. The summed E-state index contributed by atoms with van der Waals surface area (Å²) < 4.78 is 12.3. The average Bonchev–Trinajstić information content (AvgIpc) is 2.80. The van der Waals surface area contributed by atoms with E-state index in [1.165, 1.54) is 14.1 Å². The van der Waals surface area contributed by atoms with E-state index in [0.29, 0.717) is 12.2 Å². The zero-order valence-corrected chi connectivity index (χ0v) is 17.7. The Bertz CT molecular complexity index is 1260. The van der Waals surface area contributed by atoms with Crippen molar-refractivity contribution >= 4 is 17.6 Å². The number of nitrogens with two attached hydrogens (primary N) is 1. The van der Waals surface area contributed by atoms with Gasteiger partial charge in [0.05, 0.1) is 0 Å². The van der Waals surface area contributed by atoms with Gasteiger partial charge in [-0.3, -0.25) is 18.7 Å². The van der Waals surface area contributed by atoms with Crippen LogP contribution in [-0.2, 0) is 30.0 Å². The first-order chi connectivity index (χ1) is 15.3. The van der Waals surface area contributed by atoms with Crippen LogP contribution in [0.1, 0.15) is 21.5 Å². The number of nitrogens with zero attached hydrogens (tertiary/aromatic N) is 2. The number of hydrogen-bond acceptors (Lipinski definition) is 7. The van der Waals surface area contributed by atoms with Crippen LogP contribution >= 0.6 is 0 Å². The Hall–Kier alpha value is -4.14. The molecule has 0 radical (unpaired) electrons. The quantitative estimate of drug-likeness (QED) is 0.413. The molecule has 32 heavy (non-hydrogen) atoms. The molecule has 166 valence electrons. The van der Waals surface area contributed by atoms with Crippen molar-refractivity contribution in [1.29, 1.82) is 0 Å². The van der Waals surface area contributed by atoms with Gasteiger partial charge in [0.15, 0.2) is 13.2 Å². The number of carbonyl (C=O) groups excluding carboxylic acids is 2. The number of nitrogen functional groups attached to an aromatic ring is 1. The van der Waals surface area contributed by atoms with Crippen molar-refractivity contribution in [2.75, 3.05) is 18.9 Å². The van der Waals surface area contributed by atoms with Gasteiger partial charge >= 0.3 is 11.7 Å². The molecule has 0 saturated heterocycles. The molecule has 3 aromatic rings. The van der Waals surface area contributed by atoms with E-state index in [1.54, 1.807) is 12.1 Å². The van der Waals surface area contributed by atoms with E-state index >= 15 is 0 Å². The van der Waals surface area contributed by atoms with Gasteiger partial charge in [-0.05, 0) is 17.2 Å². The largest absolute Gasteiger partial charge is 0.482 e.